The van der Waals surface area contributed by atoms with Crippen molar-refractivity contribution in [3.63, 3.8) is 0 Å². The first-order valence-corrected chi connectivity index (χ1v) is 7.61. The van der Waals surface area contributed by atoms with E-state index in [0.717, 1.165) is 28.4 Å². The summed E-state index contributed by atoms with van der Waals surface area (Å²) in [5, 5.41) is 4.32. The molecule has 2 rings (SSSR count). The molecule has 1 atom stereocenters. The molecule has 1 aromatic rings. The second kappa shape index (κ2) is 6.14. The van der Waals surface area contributed by atoms with Gasteiger partial charge in [-0.15, -0.1) is 11.3 Å². The number of carbonyl (C=O) groups is 1. The number of halogens is 1. The Hall–Kier alpha value is -0.430. The number of nitrogens with zero attached hydrogens (tertiary/aromatic N) is 2. The van der Waals surface area contributed by atoms with E-state index in [-0.39, 0.29) is 5.91 Å². The third kappa shape index (κ3) is 3.32. The van der Waals surface area contributed by atoms with Gasteiger partial charge in [0.05, 0.1) is 8.79 Å². The number of carbonyl (C=O) groups excluding carboxylic acids is 1. The van der Waals surface area contributed by atoms with Crippen molar-refractivity contribution in [2.75, 3.05) is 38.6 Å². The molecule has 1 amide bonds. The first-order valence-electron chi connectivity index (χ1n) is 6.01. The zero-order valence-electron chi connectivity index (χ0n) is 10.6. The average molecular weight is 332 g/mol. The van der Waals surface area contributed by atoms with Crippen LogP contribution in [0.5, 0.6) is 0 Å². The van der Waals surface area contributed by atoms with Crippen molar-refractivity contribution in [1.29, 1.82) is 0 Å². The summed E-state index contributed by atoms with van der Waals surface area (Å²) >= 11 is 5.00. The highest BCUT2D eigenvalue weighted by Crippen LogP contribution is 2.29. The Kier molecular flexibility index (Phi) is 4.77. The van der Waals surface area contributed by atoms with Crippen LogP contribution in [-0.2, 0) is 4.79 Å². The maximum Gasteiger partial charge on any atom is 0.228 e. The molecule has 1 aliphatic rings. The molecule has 1 unspecified atom stereocenters. The highest BCUT2D eigenvalue weighted by molar-refractivity contribution is 9.11. The van der Waals surface area contributed by atoms with Crippen LogP contribution in [0.2, 0.25) is 0 Å². The molecule has 4 nitrogen and oxygen atoms in total. The van der Waals surface area contributed by atoms with Gasteiger partial charge in [-0.2, -0.15) is 0 Å². The van der Waals surface area contributed by atoms with Gasteiger partial charge in [-0.25, -0.2) is 0 Å². The van der Waals surface area contributed by atoms with Crippen LogP contribution in [0.4, 0.5) is 5.00 Å². The summed E-state index contributed by atoms with van der Waals surface area (Å²) in [4.78, 5) is 16.2. The molecule has 0 spiro atoms. The standard InChI is InChI=1S/C12H18BrN3OS/c1-15-6-5-14-8-9(15)7-11(17)16(2)12-4-3-10(13)18-12/h3-4,9,14H,5-8H2,1-2H3. The second-order valence-corrected chi connectivity index (χ2v) is 7.01. The minimum atomic E-state index is 0.171. The van der Waals surface area contributed by atoms with Crippen molar-refractivity contribution in [2.45, 2.75) is 12.5 Å². The van der Waals surface area contributed by atoms with E-state index in [1.54, 1.807) is 16.2 Å². The average Bonchev–Trinajstić information content (AvgIpc) is 2.78. The first kappa shape index (κ1) is 14.0. The Morgan fingerprint density at radius 1 is 1.67 bits per heavy atom. The molecule has 1 fully saturated rings. The molecular formula is C12H18BrN3OS. The lowest BCUT2D eigenvalue weighted by atomic mass is 10.1. The minimum absolute atomic E-state index is 0.171. The van der Waals surface area contributed by atoms with Crippen LogP contribution in [0.3, 0.4) is 0 Å². The number of piperazine rings is 1. The van der Waals surface area contributed by atoms with Gasteiger partial charge in [0.15, 0.2) is 0 Å². The maximum absolute atomic E-state index is 12.2. The van der Waals surface area contributed by atoms with E-state index >= 15 is 0 Å². The monoisotopic (exact) mass is 331 g/mol. The van der Waals surface area contributed by atoms with Crippen molar-refractivity contribution in [3.8, 4) is 0 Å². The Morgan fingerprint density at radius 2 is 2.44 bits per heavy atom. The largest absolute Gasteiger partial charge is 0.314 e. The predicted molar refractivity (Wildman–Crippen MR) is 79.3 cm³/mol. The molecule has 2 heterocycles. The number of hydrogen-bond donors (Lipinski definition) is 1. The lowest BCUT2D eigenvalue weighted by Gasteiger charge is -2.33. The number of likely N-dealkylation sites (N-methyl/N-ethyl adjacent to an activating group) is 1. The topological polar surface area (TPSA) is 35.6 Å². The van der Waals surface area contributed by atoms with Gasteiger partial charge in [0.25, 0.3) is 0 Å². The SMILES string of the molecule is CN(C(=O)CC1CNCCN1C)c1ccc(Br)s1. The molecule has 0 aliphatic carbocycles. The van der Waals surface area contributed by atoms with Gasteiger partial charge in [0.1, 0.15) is 0 Å². The highest BCUT2D eigenvalue weighted by Gasteiger charge is 2.23. The molecular weight excluding hydrogens is 314 g/mol. The first-order chi connectivity index (χ1) is 8.58. The Labute approximate surface area is 120 Å². The van der Waals surface area contributed by atoms with Crippen LogP contribution in [0.1, 0.15) is 6.42 Å². The Morgan fingerprint density at radius 3 is 3.06 bits per heavy atom. The van der Waals surface area contributed by atoms with E-state index in [4.69, 9.17) is 0 Å². The lowest BCUT2D eigenvalue weighted by Crippen LogP contribution is -2.51. The second-order valence-electron chi connectivity index (χ2n) is 4.57. The summed E-state index contributed by atoms with van der Waals surface area (Å²) in [6.45, 7) is 2.91. The van der Waals surface area contributed by atoms with Crippen LogP contribution in [0, 0.1) is 0 Å². The van der Waals surface area contributed by atoms with E-state index in [1.165, 1.54) is 0 Å². The fraction of sp³-hybridized carbons (Fsp3) is 0.583. The van der Waals surface area contributed by atoms with E-state index in [1.807, 2.05) is 19.2 Å². The lowest BCUT2D eigenvalue weighted by molar-refractivity contribution is -0.119. The Bertz CT molecular complexity index is 423. The van der Waals surface area contributed by atoms with Gasteiger partial charge in [-0.05, 0) is 35.1 Å². The zero-order valence-corrected chi connectivity index (χ0v) is 13.1. The number of amides is 1. The van der Waals surface area contributed by atoms with Crippen molar-refractivity contribution >= 4 is 38.2 Å². The predicted octanol–water partition coefficient (Wildman–Crippen LogP) is 1.77. The molecule has 18 heavy (non-hydrogen) atoms. The number of rotatable bonds is 3. The molecule has 0 saturated carbocycles. The summed E-state index contributed by atoms with van der Waals surface area (Å²) in [5.74, 6) is 0.171. The number of anilines is 1. The van der Waals surface area contributed by atoms with Crippen LogP contribution in [0.15, 0.2) is 15.9 Å². The quantitative estimate of drug-likeness (QED) is 0.916. The van der Waals surface area contributed by atoms with E-state index in [0.29, 0.717) is 12.5 Å². The third-order valence-corrected chi connectivity index (χ3v) is 5.02. The molecule has 1 N–H and O–H groups in total. The van der Waals surface area contributed by atoms with Crippen LogP contribution < -0.4 is 10.2 Å². The number of thiophene rings is 1. The van der Waals surface area contributed by atoms with E-state index in [2.05, 4.69) is 33.2 Å². The summed E-state index contributed by atoms with van der Waals surface area (Å²) in [6.07, 6.45) is 0.565. The van der Waals surface area contributed by atoms with Gasteiger partial charge in [-0.1, -0.05) is 0 Å². The summed E-state index contributed by atoms with van der Waals surface area (Å²) in [6, 6.07) is 4.24. The van der Waals surface area contributed by atoms with Crippen LogP contribution >= 0.6 is 27.3 Å². The molecule has 1 saturated heterocycles. The van der Waals surface area contributed by atoms with E-state index in [9.17, 15) is 4.79 Å². The molecule has 0 bridgehead atoms. The molecule has 1 aliphatic heterocycles. The minimum Gasteiger partial charge on any atom is -0.314 e. The number of nitrogens with one attached hydrogen (secondary N) is 1. The smallest absolute Gasteiger partial charge is 0.228 e. The molecule has 1 aromatic heterocycles. The van der Waals surface area contributed by atoms with Gasteiger partial charge in [0, 0.05) is 39.1 Å². The summed E-state index contributed by atoms with van der Waals surface area (Å²) in [5.41, 5.74) is 0. The summed E-state index contributed by atoms with van der Waals surface area (Å²) in [7, 11) is 3.93. The Balaban J connectivity index is 1.94. The van der Waals surface area contributed by atoms with E-state index < -0.39 is 0 Å². The van der Waals surface area contributed by atoms with Crippen LogP contribution in [-0.4, -0.2) is 50.6 Å². The molecule has 0 aromatic carbocycles. The van der Waals surface area contributed by atoms with Gasteiger partial charge >= 0.3 is 0 Å². The van der Waals surface area contributed by atoms with Crippen molar-refractivity contribution in [3.05, 3.63) is 15.9 Å². The summed E-state index contributed by atoms with van der Waals surface area (Å²) < 4.78 is 1.05. The normalized spacial score (nSPS) is 20.9. The highest BCUT2D eigenvalue weighted by atomic mass is 79.9. The van der Waals surface area contributed by atoms with Gasteiger partial charge in [0.2, 0.25) is 5.91 Å². The number of hydrogen-bond acceptors (Lipinski definition) is 4. The van der Waals surface area contributed by atoms with Crippen molar-refractivity contribution < 1.29 is 4.79 Å². The van der Waals surface area contributed by atoms with Crippen molar-refractivity contribution in [2.24, 2.45) is 0 Å². The van der Waals surface area contributed by atoms with Gasteiger partial charge in [-0.3, -0.25) is 4.79 Å². The fourth-order valence-electron chi connectivity index (χ4n) is 2.04. The third-order valence-electron chi connectivity index (χ3n) is 3.32. The van der Waals surface area contributed by atoms with Gasteiger partial charge < -0.3 is 15.1 Å². The van der Waals surface area contributed by atoms with Crippen LogP contribution in [0.25, 0.3) is 0 Å². The fourth-order valence-corrected chi connectivity index (χ4v) is 3.38. The maximum atomic E-state index is 12.2. The van der Waals surface area contributed by atoms with Crippen molar-refractivity contribution in [1.82, 2.24) is 10.2 Å². The molecule has 0 radical (unpaired) electrons. The molecule has 100 valence electrons. The zero-order chi connectivity index (χ0) is 13.1. The molecule has 6 heteroatoms.